The number of carbonyl (C=O) groups excluding carboxylic acids is 2. The van der Waals surface area contributed by atoms with Gasteiger partial charge in [0.25, 0.3) is 5.56 Å². The van der Waals surface area contributed by atoms with Crippen molar-refractivity contribution in [3.63, 3.8) is 0 Å². The molecule has 3 rings (SSSR count). The molecule has 11 nitrogen and oxygen atoms in total. The van der Waals surface area contributed by atoms with E-state index in [1.807, 2.05) is 11.1 Å². The average molecular weight is 493 g/mol. The molecule has 34 heavy (non-hydrogen) atoms. The largest absolute Gasteiger partial charge is 0.457 e. The van der Waals surface area contributed by atoms with Crippen LogP contribution in [0.5, 0.6) is 0 Å². The number of nitrogen functional groups attached to an aromatic ring is 1. The number of ether oxygens (including phenoxy) is 1. The highest BCUT2D eigenvalue weighted by Gasteiger charge is 2.21. The molecule has 1 aromatic carbocycles. The number of Topliss-reactive ketones (excluding diaryl/α,β-unsaturated/α-hetero) is 1. The van der Waals surface area contributed by atoms with Gasteiger partial charge in [0.2, 0.25) is 15.8 Å². The number of ketones is 1. The van der Waals surface area contributed by atoms with E-state index in [2.05, 4.69) is 4.72 Å². The number of esters is 1. The second kappa shape index (κ2) is 10.8. The highest BCUT2D eigenvalue weighted by molar-refractivity contribution is 7.89. The molecule has 1 aliphatic carbocycles. The minimum absolute atomic E-state index is 0.133. The van der Waals surface area contributed by atoms with Crippen molar-refractivity contribution in [2.45, 2.75) is 56.9 Å². The number of hydrogen-bond donors (Lipinski definition) is 3. The molecule has 0 amide bonds. The zero-order valence-electron chi connectivity index (χ0n) is 18.9. The lowest BCUT2D eigenvalue weighted by molar-refractivity contribution is -0.142. The smallest absolute Gasteiger partial charge is 0.329 e. The summed E-state index contributed by atoms with van der Waals surface area (Å²) in [6.45, 7) is 0.997. The minimum atomic E-state index is -3.81. The first-order chi connectivity index (χ1) is 16.1. The van der Waals surface area contributed by atoms with Gasteiger partial charge in [-0.05, 0) is 55.4 Å². The van der Waals surface area contributed by atoms with Crippen LogP contribution in [0.25, 0.3) is 0 Å². The van der Waals surface area contributed by atoms with Gasteiger partial charge >= 0.3 is 11.7 Å². The summed E-state index contributed by atoms with van der Waals surface area (Å²) in [5.74, 6) is -2.00. The van der Waals surface area contributed by atoms with Gasteiger partial charge in [0.1, 0.15) is 11.4 Å². The Balaban J connectivity index is 1.55. The lowest BCUT2D eigenvalue weighted by Crippen LogP contribution is -2.37. The maximum Gasteiger partial charge on any atom is 0.329 e. The first kappa shape index (κ1) is 25.4. The number of benzene rings is 1. The number of hydrogen-bond acceptors (Lipinski definition) is 8. The molecule has 0 unspecified atom stereocenters. The van der Waals surface area contributed by atoms with Crippen molar-refractivity contribution in [2.24, 2.45) is 0 Å². The van der Waals surface area contributed by atoms with E-state index in [1.54, 1.807) is 19.1 Å². The average Bonchev–Trinajstić information content (AvgIpc) is 2.79. The molecule has 0 saturated carbocycles. The Bertz CT molecular complexity index is 1310. The number of carbonyl (C=O) groups is 2. The molecule has 0 spiro atoms. The van der Waals surface area contributed by atoms with Gasteiger partial charge in [-0.3, -0.25) is 23.9 Å². The van der Waals surface area contributed by atoms with Crippen molar-refractivity contribution in [2.75, 3.05) is 18.9 Å². The second-order valence-electron chi connectivity index (χ2n) is 8.04. The van der Waals surface area contributed by atoms with E-state index in [-0.39, 0.29) is 30.2 Å². The van der Waals surface area contributed by atoms with Crippen LogP contribution in [0, 0.1) is 0 Å². The highest BCUT2D eigenvalue weighted by atomic mass is 32.2. The molecule has 0 aliphatic heterocycles. The number of nitrogens with zero attached hydrogens (tertiary/aromatic N) is 1. The number of anilines is 1. The lowest BCUT2D eigenvalue weighted by atomic mass is 9.92. The molecule has 0 fully saturated rings. The Hall–Kier alpha value is -3.25. The molecule has 2 aromatic rings. The quantitative estimate of drug-likeness (QED) is 0.318. The predicted molar refractivity (Wildman–Crippen MR) is 124 cm³/mol. The standard InChI is InChI=1S/C22H28N4O7S/c1-2-11-26-20(23)19(21(29)25-22(26)30)17(27)13-33-18(28)9-10-24-34(31,32)16-8-7-14-5-3-4-6-15(14)12-16/h7-8,12,24H,2-6,9-11,13,23H2,1H3,(H,25,29,30). The number of aromatic amines is 1. The van der Waals surface area contributed by atoms with Crippen molar-refractivity contribution in [3.05, 3.63) is 55.7 Å². The zero-order chi connectivity index (χ0) is 24.9. The number of aryl methyl sites for hydroxylation is 2. The number of aromatic nitrogens is 2. The van der Waals surface area contributed by atoms with Gasteiger partial charge in [0.15, 0.2) is 6.61 Å². The number of nitrogens with one attached hydrogen (secondary N) is 2. The summed E-state index contributed by atoms with van der Waals surface area (Å²) in [4.78, 5) is 50.4. The van der Waals surface area contributed by atoms with Gasteiger partial charge in [0.05, 0.1) is 11.3 Å². The van der Waals surface area contributed by atoms with Crippen molar-refractivity contribution in [1.29, 1.82) is 0 Å². The highest BCUT2D eigenvalue weighted by Crippen LogP contribution is 2.24. The fourth-order valence-corrected chi connectivity index (χ4v) is 4.92. The van der Waals surface area contributed by atoms with Crippen LogP contribution in [0.4, 0.5) is 5.82 Å². The molecule has 0 saturated heterocycles. The number of sulfonamides is 1. The van der Waals surface area contributed by atoms with Crippen molar-refractivity contribution in [1.82, 2.24) is 14.3 Å². The topological polar surface area (TPSA) is 170 Å². The van der Waals surface area contributed by atoms with Crippen molar-refractivity contribution < 1.29 is 22.7 Å². The Morgan fingerprint density at radius 2 is 1.88 bits per heavy atom. The summed E-state index contributed by atoms with van der Waals surface area (Å²) in [5, 5.41) is 0. The van der Waals surface area contributed by atoms with E-state index in [0.717, 1.165) is 41.4 Å². The van der Waals surface area contributed by atoms with Crippen LogP contribution in [-0.2, 0) is 38.9 Å². The van der Waals surface area contributed by atoms with Gasteiger partial charge < -0.3 is 10.5 Å². The van der Waals surface area contributed by atoms with Gasteiger partial charge in [-0.1, -0.05) is 13.0 Å². The van der Waals surface area contributed by atoms with Crippen LogP contribution < -0.4 is 21.7 Å². The van der Waals surface area contributed by atoms with Crippen LogP contribution in [0.15, 0.2) is 32.7 Å². The Morgan fingerprint density at radius 1 is 1.18 bits per heavy atom. The Labute approximate surface area is 196 Å². The predicted octanol–water partition coefficient (Wildman–Crippen LogP) is 0.502. The molecular weight excluding hydrogens is 464 g/mol. The van der Waals surface area contributed by atoms with E-state index in [0.29, 0.717) is 6.42 Å². The SMILES string of the molecule is CCCn1c(N)c(C(=O)COC(=O)CCNS(=O)(=O)c2ccc3c(c2)CCCC3)c(=O)[nH]c1=O. The molecule has 1 heterocycles. The number of rotatable bonds is 10. The van der Waals surface area contributed by atoms with Crippen molar-refractivity contribution in [3.8, 4) is 0 Å². The van der Waals surface area contributed by atoms with Gasteiger partial charge in [0, 0.05) is 13.1 Å². The van der Waals surface area contributed by atoms with Gasteiger partial charge in [-0.15, -0.1) is 0 Å². The molecule has 0 bridgehead atoms. The monoisotopic (exact) mass is 492 g/mol. The van der Waals surface area contributed by atoms with E-state index in [4.69, 9.17) is 10.5 Å². The lowest BCUT2D eigenvalue weighted by Gasteiger charge is -2.16. The van der Waals surface area contributed by atoms with Crippen LogP contribution in [0.3, 0.4) is 0 Å². The maximum atomic E-state index is 12.5. The third kappa shape index (κ3) is 5.81. The van der Waals surface area contributed by atoms with Crippen LogP contribution in [0.1, 0.15) is 54.1 Å². The zero-order valence-corrected chi connectivity index (χ0v) is 19.7. The molecule has 1 aliphatic rings. The summed E-state index contributed by atoms with van der Waals surface area (Å²) in [7, 11) is -3.81. The minimum Gasteiger partial charge on any atom is -0.457 e. The summed E-state index contributed by atoms with van der Waals surface area (Å²) >= 11 is 0. The molecule has 1 aromatic heterocycles. The normalized spacial score (nSPS) is 13.3. The van der Waals surface area contributed by atoms with Crippen LogP contribution in [0.2, 0.25) is 0 Å². The van der Waals surface area contributed by atoms with E-state index in [9.17, 15) is 27.6 Å². The van der Waals surface area contributed by atoms with Gasteiger partial charge in [-0.25, -0.2) is 17.9 Å². The van der Waals surface area contributed by atoms with Crippen LogP contribution >= 0.6 is 0 Å². The summed E-state index contributed by atoms with van der Waals surface area (Å²) < 4.78 is 33.4. The summed E-state index contributed by atoms with van der Waals surface area (Å²) in [5.41, 5.74) is 5.82. The molecule has 0 radical (unpaired) electrons. The number of fused-ring (bicyclic) bond motifs is 1. The number of H-pyrrole nitrogens is 1. The molecule has 0 atom stereocenters. The Kier molecular flexibility index (Phi) is 8.05. The van der Waals surface area contributed by atoms with Crippen LogP contribution in [-0.4, -0.2) is 42.9 Å². The maximum absolute atomic E-state index is 12.5. The fraction of sp³-hybridized carbons (Fsp3) is 0.455. The van der Waals surface area contributed by atoms with E-state index < -0.39 is 45.2 Å². The van der Waals surface area contributed by atoms with E-state index >= 15 is 0 Å². The summed E-state index contributed by atoms with van der Waals surface area (Å²) in [6.07, 6.45) is 4.10. The number of nitrogens with two attached hydrogens (primary N) is 1. The fourth-order valence-electron chi connectivity index (χ4n) is 3.84. The molecule has 4 N–H and O–H groups in total. The third-order valence-electron chi connectivity index (χ3n) is 5.58. The molecular formula is C22H28N4O7S. The first-order valence-corrected chi connectivity index (χ1v) is 12.5. The second-order valence-corrected chi connectivity index (χ2v) is 9.81. The molecule has 184 valence electrons. The third-order valence-corrected chi connectivity index (χ3v) is 7.04. The first-order valence-electron chi connectivity index (χ1n) is 11.1. The van der Waals surface area contributed by atoms with Crippen molar-refractivity contribution >= 4 is 27.6 Å². The Morgan fingerprint density at radius 3 is 2.59 bits per heavy atom. The summed E-state index contributed by atoms with van der Waals surface area (Å²) in [6, 6.07) is 5.02. The molecule has 12 heteroatoms. The van der Waals surface area contributed by atoms with E-state index in [1.165, 1.54) is 0 Å². The van der Waals surface area contributed by atoms with Gasteiger partial charge in [-0.2, -0.15) is 0 Å².